The van der Waals surface area contributed by atoms with Gasteiger partial charge < -0.3 is 9.84 Å². The van der Waals surface area contributed by atoms with Crippen molar-refractivity contribution in [3.8, 4) is 0 Å². The largest absolute Gasteiger partial charge is 0.388 e. The Kier molecular flexibility index (Phi) is 5.26. The molecule has 19 heavy (non-hydrogen) atoms. The Morgan fingerprint density at radius 2 is 2.11 bits per heavy atom. The third kappa shape index (κ3) is 4.43. The van der Waals surface area contributed by atoms with Gasteiger partial charge in [-0.05, 0) is 24.7 Å². The molecule has 1 aliphatic rings. The Hall–Kier alpha value is -0.130. The summed E-state index contributed by atoms with van der Waals surface area (Å²) in [6.07, 6.45) is 1.40. The number of likely N-dealkylation sites (N-methyl/N-ethyl adjacent to an activating group) is 1. The minimum Gasteiger partial charge on any atom is -0.388 e. The maximum atomic E-state index is 10.5. The standard InChI is InChI=1S/C14H19BrClNO2/c1-17(10-14(18)4-6-19-7-5-14)9-11-2-3-12(15)8-13(11)16/h2-3,8,18H,4-7,9-10H2,1H3. The first-order valence-electron chi connectivity index (χ1n) is 6.41. The van der Waals surface area contributed by atoms with Gasteiger partial charge in [-0.25, -0.2) is 0 Å². The van der Waals surface area contributed by atoms with Crippen molar-refractivity contribution in [1.29, 1.82) is 0 Å². The number of benzene rings is 1. The second-order valence-corrected chi connectivity index (χ2v) is 6.57. The number of hydrogen-bond donors (Lipinski definition) is 1. The number of aliphatic hydroxyl groups is 1. The van der Waals surface area contributed by atoms with Crippen LogP contribution in [-0.2, 0) is 11.3 Å². The third-order valence-electron chi connectivity index (χ3n) is 3.44. The maximum Gasteiger partial charge on any atom is 0.0817 e. The van der Waals surface area contributed by atoms with Gasteiger partial charge in [0.15, 0.2) is 0 Å². The van der Waals surface area contributed by atoms with E-state index < -0.39 is 5.60 Å². The summed E-state index contributed by atoms with van der Waals surface area (Å²) in [5.74, 6) is 0. The average molecular weight is 349 g/mol. The van der Waals surface area contributed by atoms with Crippen LogP contribution in [0.15, 0.2) is 22.7 Å². The molecule has 1 saturated heterocycles. The molecule has 1 aromatic rings. The molecule has 1 aliphatic heterocycles. The zero-order chi connectivity index (χ0) is 13.9. The molecular weight excluding hydrogens is 330 g/mol. The molecule has 0 amide bonds. The summed E-state index contributed by atoms with van der Waals surface area (Å²) in [7, 11) is 2.01. The number of nitrogens with zero attached hydrogens (tertiary/aromatic N) is 1. The lowest BCUT2D eigenvalue weighted by Crippen LogP contribution is -2.45. The van der Waals surface area contributed by atoms with Gasteiger partial charge in [0.05, 0.1) is 5.60 Å². The smallest absolute Gasteiger partial charge is 0.0817 e. The highest BCUT2D eigenvalue weighted by atomic mass is 79.9. The van der Waals surface area contributed by atoms with Crippen LogP contribution in [0.5, 0.6) is 0 Å². The van der Waals surface area contributed by atoms with E-state index in [4.69, 9.17) is 16.3 Å². The normalized spacial score (nSPS) is 18.8. The van der Waals surface area contributed by atoms with Gasteiger partial charge in [0, 0.05) is 48.6 Å². The van der Waals surface area contributed by atoms with E-state index in [0.29, 0.717) is 32.6 Å². The fraction of sp³-hybridized carbons (Fsp3) is 0.571. The zero-order valence-electron chi connectivity index (χ0n) is 11.0. The summed E-state index contributed by atoms with van der Waals surface area (Å²) in [6.45, 7) is 2.66. The van der Waals surface area contributed by atoms with Crippen LogP contribution in [-0.4, -0.2) is 42.4 Å². The van der Waals surface area contributed by atoms with Gasteiger partial charge in [-0.2, -0.15) is 0 Å². The van der Waals surface area contributed by atoms with Gasteiger partial charge in [-0.1, -0.05) is 33.6 Å². The molecule has 0 radical (unpaired) electrons. The van der Waals surface area contributed by atoms with Crippen LogP contribution < -0.4 is 0 Å². The monoisotopic (exact) mass is 347 g/mol. The molecule has 0 aliphatic carbocycles. The molecule has 0 bridgehead atoms. The predicted molar refractivity (Wildman–Crippen MR) is 80.5 cm³/mol. The van der Waals surface area contributed by atoms with Crippen LogP contribution in [0.1, 0.15) is 18.4 Å². The predicted octanol–water partition coefficient (Wildman–Crippen LogP) is 3.08. The first kappa shape index (κ1) is 15.3. The molecule has 5 heteroatoms. The van der Waals surface area contributed by atoms with E-state index in [2.05, 4.69) is 20.8 Å². The second kappa shape index (κ2) is 6.55. The molecule has 1 aromatic carbocycles. The molecule has 1 heterocycles. The van der Waals surface area contributed by atoms with Crippen molar-refractivity contribution in [3.63, 3.8) is 0 Å². The highest BCUT2D eigenvalue weighted by Crippen LogP contribution is 2.25. The van der Waals surface area contributed by atoms with Crippen molar-refractivity contribution >= 4 is 27.5 Å². The molecule has 0 unspecified atom stereocenters. The fourth-order valence-electron chi connectivity index (χ4n) is 2.41. The van der Waals surface area contributed by atoms with Crippen molar-refractivity contribution in [2.24, 2.45) is 0 Å². The maximum absolute atomic E-state index is 10.5. The van der Waals surface area contributed by atoms with Crippen LogP contribution in [0.4, 0.5) is 0 Å². The summed E-state index contributed by atoms with van der Waals surface area (Å²) < 4.78 is 6.27. The topological polar surface area (TPSA) is 32.7 Å². The lowest BCUT2D eigenvalue weighted by Gasteiger charge is -2.35. The second-order valence-electron chi connectivity index (χ2n) is 5.24. The van der Waals surface area contributed by atoms with Crippen molar-refractivity contribution in [2.75, 3.05) is 26.8 Å². The van der Waals surface area contributed by atoms with Crippen molar-refractivity contribution in [2.45, 2.75) is 25.0 Å². The summed E-state index contributed by atoms with van der Waals surface area (Å²) in [4.78, 5) is 2.11. The van der Waals surface area contributed by atoms with E-state index in [9.17, 15) is 5.11 Å². The molecule has 3 nitrogen and oxygen atoms in total. The van der Waals surface area contributed by atoms with Crippen molar-refractivity contribution in [1.82, 2.24) is 4.90 Å². The van der Waals surface area contributed by atoms with Crippen LogP contribution in [0.25, 0.3) is 0 Å². The highest BCUT2D eigenvalue weighted by Gasteiger charge is 2.31. The van der Waals surface area contributed by atoms with Crippen LogP contribution in [0.3, 0.4) is 0 Å². The lowest BCUT2D eigenvalue weighted by molar-refractivity contribution is -0.0777. The van der Waals surface area contributed by atoms with Gasteiger partial charge in [0.2, 0.25) is 0 Å². The van der Waals surface area contributed by atoms with Crippen LogP contribution in [0.2, 0.25) is 5.02 Å². The number of rotatable bonds is 4. The Balaban J connectivity index is 1.95. The molecule has 1 N–H and O–H groups in total. The molecule has 0 atom stereocenters. The van der Waals surface area contributed by atoms with E-state index in [1.807, 2.05) is 25.2 Å². The molecule has 0 aromatic heterocycles. The Labute approximate surface area is 127 Å². The third-order valence-corrected chi connectivity index (χ3v) is 4.29. The molecular formula is C14H19BrClNO2. The van der Waals surface area contributed by atoms with Crippen molar-refractivity contribution < 1.29 is 9.84 Å². The minimum absolute atomic E-state index is 0.630. The first-order chi connectivity index (χ1) is 8.98. The van der Waals surface area contributed by atoms with Gasteiger partial charge in [-0.3, -0.25) is 4.90 Å². The summed E-state index contributed by atoms with van der Waals surface area (Å²) in [5, 5.41) is 11.2. The van der Waals surface area contributed by atoms with E-state index >= 15 is 0 Å². The van der Waals surface area contributed by atoms with Gasteiger partial charge in [0.1, 0.15) is 0 Å². The highest BCUT2D eigenvalue weighted by molar-refractivity contribution is 9.10. The number of ether oxygens (including phenoxy) is 1. The van der Waals surface area contributed by atoms with Gasteiger partial charge in [-0.15, -0.1) is 0 Å². The minimum atomic E-state index is -0.630. The molecule has 2 rings (SSSR count). The molecule has 0 saturated carbocycles. The van der Waals surface area contributed by atoms with E-state index in [1.165, 1.54) is 0 Å². The molecule has 1 fully saturated rings. The van der Waals surface area contributed by atoms with Crippen molar-refractivity contribution in [3.05, 3.63) is 33.3 Å². The van der Waals surface area contributed by atoms with Gasteiger partial charge >= 0.3 is 0 Å². The van der Waals surface area contributed by atoms with E-state index in [0.717, 1.165) is 21.6 Å². The number of hydrogen-bond acceptors (Lipinski definition) is 3. The van der Waals surface area contributed by atoms with E-state index in [1.54, 1.807) is 0 Å². The SMILES string of the molecule is CN(Cc1ccc(Br)cc1Cl)CC1(O)CCOCC1. The first-order valence-corrected chi connectivity index (χ1v) is 7.58. The molecule has 106 valence electrons. The van der Waals surface area contributed by atoms with Crippen LogP contribution in [0, 0.1) is 0 Å². The lowest BCUT2D eigenvalue weighted by atomic mass is 9.94. The van der Waals surface area contributed by atoms with Gasteiger partial charge in [0.25, 0.3) is 0 Å². The van der Waals surface area contributed by atoms with Crippen LogP contribution >= 0.6 is 27.5 Å². The fourth-order valence-corrected chi connectivity index (χ4v) is 3.14. The Morgan fingerprint density at radius 3 is 2.74 bits per heavy atom. The Bertz CT molecular complexity index is 435. The average Bonchev–Trinajstić information content (AvgIpc) is 2.33. The zero-order valence-corrected chi connectivity index (χ0v) is 13.4. The Morgan fingerprint density at radius 1 is 1.42 bits per heavy atom. The summed E-state index contributed by atoms with van der Waals surface area (Å²) in [5.41, 5.74) is 0.442. The summed E-state index contributed by atoms with van der Waals surface area (Å²) in [6, 6.07) is 5.89. The number of halogens is 2. The molecule has 0 spiro atoms. The summed E-state index contributed by atoms with van der Waals surface area (Å²) >= 11 is 9.61. The quantitative estimate of drug-likeness (QED) is 0.907. The van der Waals surface area contributed by atoms with E-state index in [-0.39, 0.29) is 0 Å².